The molecule has 0 aliphatic rings. The number of nitrogens with zero attached hydrogens (tertiary/aromatic N) is 2. The minimum atomic E-state index is -4.17. The van der Waals surface area contributed by atoms with Crippen molar-refractivity contribution in [1.82, 2.24) is 15.5 Å². The highest BCUT2D eigenvalue weighted by atomic mass is 19.4. The van der Waals surface area contributed by atoms with Crippen molar-refractivity contribution in [2.45, 2.75) is 25.9 Å². The topological polar surface area (TPSA) is 39.7 Å². The molecule has 1 atom stereocenters. The molecule has 0 spiro atoms. The Morgan fingerprint density at radius 2 is 1.83 bits per heavy atom. The van der Waals surface area contributed by atoms with E-state index in [2.05, 4.69) is 46.8 Å². The molecule has 1 rings (SSSR count). The summed E-state index contributed by atoms with van der Waals surface area (Å²) < 4.78 is 36.8. The Bertz CT molecular complexity index is 512. The van der Waals surface area contributed by atoms with E-state index in [-0.39, 0.29) is 6.54 Å². The minimum Gasteiger partial charge on any atom is -0.356 e. The van der Waals surface area contributed by atoms with Gasteiger partial charge in [-0.1, -0.05) is 36.8 Å². The highest BCUT2D eigenvalue weighted by Gasteiger charge is 2.28. The van der Waals surface area contributed by atoms with Gasteiger partial charge in [-0.25, -0.2) is 0 Å². The molecule has 0 heterocycles. The smallest absolute Gasteiger partial charge is 0.356 e. The maximum atomic E-state index is 12.3. The third-order valence-electron chi connectivity index (χ3n) is 3.68. The van der Waals surface area contributed by atoms with Gasteiger partial charge in [0.1, 0.15) is 0 Å². The van der Waals surface area contributed by atoms with E-state index >= 15 is 0 Å². The number of guanidine groups is 1. The van der Waals surface area contributed by atoms with Crippen molar-refractivity contribution in [3.63, 3.8) is 0 Å². The van der Waals surface area contributed by atoms with Crippen molar-refractivity contribution in [2.24, 2.45) is 4.99 Å². The molecule has 0 aliphatic carbocycles. The normalized spacial score (nSPS) is 13.9. The third-order valence-corrected chi connectivity index (χ3v) is 3.68. The minimum absolute atomic E-state index is 0.285. The van der Waals surface area contributed by atoms with Crippen LogP contribution in [0, 0.1) is 6.92 Å². The summed E-state index contributed by atoms with van der Waals surface area (Å²) in [4.78, 5) is 5.32. The second-order valence-corrected chi connectivity index (χ2v) is 6.04. The molecule has 1 unspecified atom stereocenters. The number of alkyl halides is 3. The highest BCUT2D eigenvalue weighted by Crippen LogP contribution is 2.15. The van der Waals surface area contributed by atoms with E-state index in [9.17, 15) is 13.2 Å². The van der Waals surface area contributed by atoms with Gasteiger partial charge in [0.2, 0.25) is 0 Å². The Hall–Kier alpha value is -1.76. The van der Waals surface area contributed by atoms with E-state index in [1.165, 1.54) is 23.1 Å². The fraction of sp³-hybridized carbons (Fsp3) is 0.588. The maximum Gasteiger partial charge on any atom is 0.401 e. The van der Waals surface area contributed by atoms with Crippen LogP contribution in [0.1, 0.15) is 24.0 Å². The second kappa shape index (κ2) is 9.52. The third kappa shape index (κ3) is 8.19. The van der Waals surface area contributed by atoms with Crippen LogP contribution >= 0.6 is 0 Å². The van der Waals surface area contributed by atoms with E-state index in [1.54, 1.807) is 7.05 Å². The van der Waals surface area contributed by atoms with Gasteiger partial charge in [-0.15, -0.1) is 0 Å². The van der Waals surface area contributed by atoms with Crippen LogP contribution in [0.3, 0.4) is 0 Å². The van der Waals surface area contributed by atoms with Crippen molar-refractivity contribution >= 4 is 5.96 Å². The average Bonchev–Trinajstić information content (AvgIpc) is 2.49. The molecule has 0 amide bonds. The van der Waals surface area contributed by atoms with Crippen molar-refractivity contribution in [2.75, 3.05) is 40.3 Å². The largest absolute Gasteiger partial charge is 0.401 e. The number of likely N-dealkylation sites (N-methyl/N-ethyl adjacent to an activating group) is 1. The van der Waals surface area contributed by atoms with Crippen molar-refractivity contribution in [3.05, 3.63) is 35.4 Å². The van der Waals surface area contributed by atoms with Gasteiger partial charge in [0.15, 0.2) is 5.96 Å². The molecule has 136 valence electrons. The van der Waals surface area contributed by atoms with Crippen LogP contribution in [-0.2, 0) is 0 Å². The zero-order valence-corrected chi connectivity index (χ0v) is 14.7. The van der Waals surface area contributed by atoms with Gasteiger partial charge in [-0.2, -0.15) is 13.2 Å². The van der Waals surface area contributed by atoms with E-state index < -0.39 is 12.7 Å². The first kappa shape index (κ1) is 20.3. The summed E-state index contributed by atoms with van der Waals surface area (Å²) in [5.41, 5.74) is 2.45. The van der Waals surface area contributed by atoms with E-state index in [4.69, 9.17) is 0 Å². The number of hydrogen-bond donors (Lipinski definition) is 2. The Labute approximate surface area is 142 Å². The molecule has 2 N–H and O–H groups in total. The lowest BCUT2D eigenvalue weighted by Crippen LogP contribution is -2.43. The summed E-state index contributed by atoms with van der Waals surface area (Å²) in [5.74, 6) is 0.895. The lowest BCUT2D eigenvalue weighted by Gasteiger charge is -2.20. The molecule has 0 saturated carbocycles. The first-order valence-electron chi connectivity index (χ1n) is 7.97. The SMILES string of the molecule is CN=C(NCCN(C)CC(F)(F)F)NCC(C)c1ccc(C)cc1. The molecule has 4 nitrogen and oxygen atoms in total. The monoisotopic (exact) mass is 344 g/mol. The molecule has 0 fully saturated rings. The van der Waals surface area contributed by atoms with Crippen molar-refractivity contribution in [1.29, 1.82) is 0 Å². The molecule has 0 radical (unpaired) electrons. The molecule has 1 aromatic carbocycles. The van der Waals surface area contributed by atoms with Crippen molar-refractivity contribution < 1.29 is 13.2 Å². The molecule has 0 bridgehead atoms. The van der Waals surface area contributed by atoms with E-state index in [1.807, 2.05) is 6.92 Å². The van der Waals surface area contributed by atoms with Crippen molar-refractivity contribution in [3.8, 4) is 0 Å². The number of rotatable bonds is 7. The standard InChI is InChI=1S/C17H27F3N4/c1-13-5-7-15(8-6-13)14(2)11-23-16(21-3)22-9-10-24(4)12-17(18,19)20/h5-8,14H,9-12H2,1-4H3,(H2,21,22,23). The lowest BCUT2D eigenvalue weighted by molar-refractivity contribution is -0.142. The molecular weight excluding hydrogens is 317 g/mol. The number of halogens is 3. The number of hydrogen-bond acceptors (Lipinski definition) is 2. The van der Waals surface area contributed by atoms with Crippen LogP contribution in [0.5, 0.6) is 0 Å². The number of nitrogens with one attached hydrogen (secondary N) is 2. The zero-order chi connectivity index (χ0) is 18.2. The number of aliphatic imine (C=N–C) groups is 1. The van der Waals surface area contributed by atoms with Gasteiger partial charge in [0, 0.05) is 26.7 Å². The molecule has 0 aromatic heterocycles. The van der Waals surface area contributed by atoms with Gasteiger partial charge < -0.3 is 10.6 Å². The fourth-order valence-corrected chi connectivity index (χ4v) is 2.23. The maximum absolute atomic E-state index is 12.3. The zero-order valence-electron chi connectivity index (χ0n) is 14.7. The summed E-state index contributed by atoms with van der Waals surface area (Å²) in [6, 6.07) is 8.36. The predicted octanol–water partition coefficient (Wildman–Crippen LogP) is 2.76. The molecule has 24 heavy (non-hydrogen) atoms. The van der Waals surface area contributed by atoms with Gasteiger partial charge >= 0.3 is 6.18 Å². The summed E-state index contributed by atoms with van der Waals surface area (Å²) >= 11 is 0. The molecule has 1 aromatic rings. The van der Waals surface area contributed by atoms with E-state index in [0.29, 0.717) is 25.0 Å². The van der Waals surface area contributed by atoms with Crippen LogP contribution in [-0.4, -0.2) is 57.3 Å². The molecule has 0 aliphatic heterocycles. The highest BCUT2D eigenvalue weighted by molar-refractivity contribution is 5.79. The quantitative estimate of drug-likeness (QED) is 0.590. The Morgan fingerprint density at radius 3 is 2.38 bits per heavy atom. The molecule has 0 saturated heterocycles. The summed E-state index contributed by atoms with van der Waals surface area (Å²) in [6.45, 7) is 4.63. The van der Waals surface area contributed by atoms with Gasteiger partial charge in [0.25, 0.3) is 0 Å². The fourth-order valence-electron chi connectivity index (χ4n) is 2.23. The lowest BCUT2D eigenvalue weighted by atomic mass is 10.0. The summed E-state index contributed by atoms with van der Waals surface area (Å²) in [6.07, 6.45) is -4.17. The van der Waals surface area contributed by atoms with Gasteiger partial charge in [0.05, 0.1) is 6.54 Å². The van der Waals surface area contributed by atoms with E-state index in [0.717, 1.165) is 0 Å². The Morgan fingerprint density at radius 1 is 1.21 bits per heavy atom. The van der Waals surface area contributed by atoms with Crippen LogP contribution in [0.25, 0.3) is 0 Å². The molecule has 7 heteroatoms. The van der Waals surface area contributed by atoms with Crippen LogP contribution in [0.2, 0.25) is 0 Å². The Kier molecular flexibility index (Phi) is 8.04. The predicted molar refractivity (Wildman–Crippen MR) is 92.5 cm³/mol. The summed E-state index contributed by atoms with van der Waals surface area (Å²) in [5, 5.41) is 6.23. The average molecular weight is 344 g/mol. The molecular formula is C17H27F3N4. The van der Waals surface area contributed by atoms with Gasteiger partial charge in [-0.05, 0) is 25.5 Å². The first-order chi connectivity index (χ1) is 11.2. The first-order valence-corrected chi connectivity index (χ1v) is 7.97. The second-order valence-electron chi connectivity index (χ2n) is 6.04. The van der Waals surface area contributed by atoms with Gasteiger partial charge in [-0.3, -0.25) is 9.89 Å². The summed E-state index contributed by atoms with van der Waals surface area (Å²) in [7, 11) is 3.09. The number of aryl methyl sites for hydroxylation is 1. The van der Waals surface area contributed by atoms with Crippen LogP contribution in [0.4, 0.5) is 13.2 Å². The Balaban J connectivity index is 2.33. The number of benzene rings is 1. The van der Waals surface area contributed by atoms with Crippen LogP contribution < -0.4 is 10.6 Å². The van der Waals surface area contributed by atoms with Crippen LogP contribution in [0.15, 0.2) is 29.3 Å².